The summed E-state index contributed by atoms with van der Waals surface area (Å²) in [6.45, 7) is 4.39. The fourth-order valence-corrected chi connectivity index (χ4v) is 5.83. The molecule has 7 nitrogen and oxygen atoms in total. The number of nitrogens with zero attached hydrogens (tertiary/aromatic N) is 4. The smallest absolute Gasteiger partial charge is 0.288 e. The Morgan fingerprint density at radius 3 is 2.56 bits per heavy atom. The molecule has 2 aliphatic rings. The van der Waals surface area contributed by atoms with E-state index in [1.807, 2.05) is 6.07 Å². The number of hydrogen-bond acceptors (Lipinski definition) is 7. The van der Waals surface area contributed by atoms with Crippen LogP contribution in [0.3, 0.4) is 0 Å². The molecule has 0 aliphatic carbocycles. The molecule has 0 N–H and O–H groups in total. The molecule has 0 saturated carbocycles. The number of para-hydroxylation sites is 1. The lowest BCUT2D eigenvalue weighted by Gasteiger charge is -2.35. The van der Waals surface area contributed by atoms with E-state index in [9.17, 15) is 8.42 Å². The monoisotopic (exact) mass is 408 g/mol. The van der Waals surface area contributed by atoms with Gasteiger partial charge in [-0.05, 0) is 36.7 Å². The number of rotatable bonds is 5. The second-order valence-electron chi connectivity index (χ2n) is 7.32. The molecule has 2 saturated heterocycles. The molecular weight excluding hydrogens is 384 g/mol. The van der Waals surface area contributed by atoms with Gasteiger partial charge in [-0.15, -0.1) is 5.10 Å². The number of sulfone groups is 1. The van der Waals surface area contributed by atoms with E-state index >= 15 is 0 Å². The van der Waals surface area contributed by atoms with E-state index < -0.39 is 9.84 Å². The SMILES string of the molecule is O=S1(=O)CC[C@@H](Cc2nn(CN3CCN(c4ccccc4)CC3)c(=S)o2)C1. The van der Waals surface area contributed by atoms with Crippen molar-refractivity contribution in [2.45, 2.75) is 19.5 Å². The van der Waals surface area contributed by atoms with Gasteiger partial charge in [0, 0.05) is 38.3 Å². The van der Waals surface area contributed by atoms with Gasteiger partial charge in [0.1, 0.15) is 0 Å². The van der Waals surface area contributed by atoms with Crippen LogP contribution >= 0.6 is 12.2 Å². The van der Waals surface area contributed by atoms with Gasteiger partial charge in [-0.3, -0.25) is 4.90 Å². The molecule has 146 valence electrons. The van der Waals surface area contributed by atoms with Gasteiger partial charge >= 0.3 is 0 Å². The summed E-state index contributed by atoms with van der Waals surface area (Å²) < 4.78 is 30.5. The van der Waals surface area contributed by atoms with E-state index in [1.54, 1.807) is 4.68 Å². The number of aromatic nitrogens is 2. The Balaban J connectivity index is 1.33. The van der Waals surface area contributed by atoms with Crippen LogP contribution in [0.5, 0.6) is 0 Å². The predicted octanol–water partition coefficient (Wildman–Crippen LogP) is 1.96. The average Bonchev–Trinajstić information content (AvgIpc) is 3.18. The van der Waals surface area contributed by atoms with Crippen molar-refractivity contribution in [1.82, 2.24) is 14.7 Å². The normalized spacial score (nSPS) is 23.0. The molecule has 1 aromatic heterocycles. The van der Waals surface area contributed by atoms with Gasteiger partial charge in [0.05, 0.1) is 18.2 Å². The molecule has 1 atom stereocenters. The maximum Gasteiger partial charge on any atom is 0.288 e. The van der Waals surface area contributed by atoms with Crippen LogP contribution in [-0.2, 0) is 22.9 Å². The minimum atomic E-state index is -2.88. The molecule has 4 rings (SSSR count). The summed E-state index contributed by atoms with van der Waals surface area (Å²) in [7, 11) is -2.88. The Bertz CT molecular complexity index is 931. The van der Waals surface area contributed by atoms with E-state index in [0.29, 0.717) is 30.2 Å². The molecule has 0 bridgehead atoms. The van der Waals surface area contributed by atoms with E-state index in [1.165, 1.54) is 5.69 Å². The van der Waals surface area contributed by atoms with Crippen LogP contribution < -0.4 is 4.90 Å². The van der Waals surface area contributed by atoms with Crippen molar-refractivity contribution >= 4 is 27.7 Å². The number of benzene rings is 1. The van der Waals surface area contributed by atoms with Crippen LogP contribution in [0.4, 0.5) is 5.69 Å². The van der Waals surface area contributed by atoms with Crippen molar-refractivity contribution in [3.8, 4) is 0 Å². The van der Waals surface area contributed by atoms with E-state index in [4.69, 9.17) is 16.6 Å². The minimum absolute atomic E-state index is 0.0888. The van der Waals surface area contributed by atoms with Crippen LogP contribution in [0.2, 0.25) is 0 Å². The molecular formula is C18H24N4O3S2. The molecule has 1 aromatic carbocycles. The van der Waals surface area contributed by atoms with Gasteiger partial charge in [-0.1, -0.05) is 18.2 Å². The largest absolute Gasteiger partial charge is 0.414 e. The van der Waals surface area contributed by atoms with Gasteiger partial charge in [-0.25, -0.2) is 13.1 Å². The molecule has 2 fully saturated rings. The quantitative estimate of drug-likeness (QED) is 0.701. The lowest BCUT2D eigenvalue weighted by molar-refractivity contribution is 0.192. The Kier molecular flexibility index (Phi) is 5.34. The highest BCUT2D eigenvalue weighted by Crippen LogP contribution is 2.22. The first-order valence-electron chi connectivity index (χ1n) is 9.28. The van der Waals surface area contributed by atoms with Crippen LogP contribution in [0.15, 0.2) is 34.7 Å². The van der Waals surface area contributed by atoms with Gasteiger partial charge in [0.2, 0.25) is 5.89 Å². The summed E-state index contributed by atoms with van der Waals surface area (Å²) in [4.78, 5) is 5.04. The zero-order valence-electron chi connectivity index (χ0n) is 15.2. The Hall–Kier alpha value is -1.71. The molecule has 0 spiro atoms. The van der Waals surface area contributed by atoms with Crippen molar-refractivity contribution in [2.24, 2.45) is 5.92 Å². The fraction of sp³-hybridized carbons (Fsp3) is 0.556. The molecule has 2 aromatic rings. The molecule has 3 heterocycles. The highest BCUT2D eigenvalue weighted by atomic mass is 32.2. The van der Waals surface area contributed by atoms with E-state index in [2.05, 4.69) is 39.2 Å². The third-order valence-electron chi connectivity index (χ3n) is 5.27. The lowest BCUT2D eigenvalue weighted by atomic mass is 10.1. The maximum atomic E-state index is 11.6. The molecule has 9 heteroatoms. The molecule has 0 radical (unpaired) electrons. The topological polar surface area (TPSA) is 71.6 Å². The van der Waals surface area contributed by atoms with E-state index in [-0.39, 0.29) is 17.4 Å². The van der Waals surface area contributed by atoms with Crippen LogP contribution in [0.1, 0.15) is 12.3 Å². The zero-order chi connectivity index (χ0) is 18.9. The van der Waals surface area contributed by atoms with Crippen molar-refractivity contribution in [3.63, 3.8) is 0 Å². The Labute approximate surface area is 164 Å². The van der Waals surface area contributed by atoms with Gasteiger partial charge in [-0.2, -0.15) is 0 Å². The highest BCUT2D eigenvalue weighted by Gasteiger charge is 2.29. The fourth-order valence-electron chi connectivity index (χ4n) is 3.78. The number of anilines is 1. The summed E-state index contributed by atoms with van der Waals surface area (Å²) in [5.74, 6) is 1.13. The highest BCUT2D eigenvalue weighted by molar-refractivity contribution is 7.91. The van der Waals surface area contributed by atoms with Crippen molar-refractivity contribution in [1.29, 1.82) is 0 Å². The Morgan fingerprint density at radius 2 is 1.89 bits per heavy atom. The molecule has 0 unspecified atom stereocenters. The van der Waals surface area contributed by atoms with Crippen molar-refractivity contribution < 1.29 is 12.8 Å². The summed E-state index contributed by atoms with van der Waals surface area (Å²) in [6.07, 6.45) is 1.22. The summed E-state index contributed by atoms with van der Waals surface area (Å²) >= 11 is 5.31. The third kappa shape index (κ3) is 4.59. The van der Waals surface area contributed by atoms with Crippen LogP contribution in [0.25, 0.3) is 0 Å². The minimum Gasteiger partial charge on any atom is -0.414 e. The lowest BCUT2D eigenvalue weighted by Crippen LogP contribution is -2.46. The van der Waals surface area contributed by atoms with Crippen molar-refractivity contribution in [2.75, 3.05) is 42.6 Å². The molecule has 0 amide bonds. The second-order valence-corrected chi connectivity index (χ2v) is 9.89. The van der Waals surface area contributed by atoms with Crippen LogP contribution in [-0.4, -0.2) is 60.8 Å². The van der Waals surface area contributed by atoms with Crippen LogP contribution in [0, 0.1) is 10.8 Å². The average molecular weight is 409 g/mol. The van der Waals surface area contributed by atoms with Gasteiger partial charge in [0.25, 0.3) is 4.84 Å². The van der Waals surface area contributed by atoms with Gasteiger partial charge < -0.3 is 9.32 Å². The molecule has 27 heavy (non-hydrogen) atoms. The zero-order valence-corrected chi connectivity index (χ0v) is 16.8. The summed E-state index contributed by atoms with van der Waals surface area (Å²) in [5.41, 5.74) is 1.25. The number of hydrogen-bond donors (Lipinski definition) is 0. The number of piperazine rings is 1. The first-order valence-corrected chi connectivity index (χ1v) is 11.5. The van der Waals surface area contributed by atoms with Crippen molar-refractivity contribution in [3.05, 3.63) is 41.1 Å². The summed E-state index contributed by atoms with van der Waals surface area (Å²) in [5, 5.41) is 4.49. The first kappa shape index (κ1) is 18.6. The summed E-state index contributed by atoms with van der Waals surface area (Å²) in [6, 6.07) is 10.4. The Morgan fingerprint density at radius 1 is 1.15 bits per heavy atom. The maximum absolute atomic E-state index is 11.6. The van der Waals surface area contributed by atoms with E-state index in [0.717, 1.165) is 26.2 Å². The van der Waals surface area contributed by atoms with Gasteiger partial charge in [0.15, 0.2) is 9.84 Å². The standard InChI is InChI=1S/C18H24N4O3S2/c23-27(24)11-6-15(13-27)12-17-19-22(18(26)25-17)14-20-7-9-21(10-8-20)16-4-2-1-3-5-16/h1-5,15H,6-14H2/t15-/m0/s1. The third-order valence-corrected chi connectivity index (χ3v) is 7.40. The second kappa shape index (κ2) is 7.73. The first-order chi connectivity index (χ1) is 13.0. The molecule has 2 aliphatic heterocycles. The predicted molar refractivity (Wildman–Crippen MR) is 106 cm³/mol.